The number of hydrogen-bond acceptors (Lipinski definition) is 5. The molecule has 0 unspecified atom stereocenters. The maximum absolute atomic E-state index is 11.2. The van der Waals surface area contributed by atoms with Crippen molar-refractivity contribution in [2.45, 2.75) is 32.4 Å². The lowest BCUT2D eigenvalue weighted by atomic mass is 10.0. The third kappa shape index (κ3) is 3.22. The topological polar surface area (TPSA) is 59.0 Å². The minimum absolute atomic E-state index is 0.0168. The van der Waals surface area contributed by atoms with Crippen molar-refractivity contribution in [2.75, 3.05) is 22.2 Å². The standard InChI is InChI=1S/C19H27N3O2S/c1-15(2)21-18-11-7-8-12-19(18)22(25(21,23)24)17(13-14-20-3)16-9-5-4-6-10-16/h4-12,15,17,20,23-24H,13-14H2,1-3H3/t17-/m1/s1. The van der Waals surface area contributed by atoms with Crippen molar-refractivity contribution in [3.05, 3.63) is 60.2 Å². The van der Waals surface area contributed by atoms with Gasteiger partial charge in [0.15, 0.2) is 0 Å². The molecule has 2 aromatic rings. The van der Waals surface area contributed by atoms with E-state index in [0.717, 1.165) is 29.9 Å². The Morgan fingerprint density at radius 2 is 1.48 bits per heavy atom. The van der Waals surface area contributed by atoms with Gasteiger partial charge in [-0.1, -0.05) is 42.5 Å². The number of nitrogens with zero attached hydrogens (tertiary/aromatic N) is 2. The van der Waals surface area contributed by atoms with E-state index in [1.807, 2.05) is 67.7 Å². The maximum atomic E-state index is 11.2. The Balaban J connectivity index is 2.11. The Bertz CT molecular complexity index is 709. The first-order valence-corrected chi connectivity index (χ1v) is 10.1. The molecule has 1 aliphatic rings. The summed E-state index contributed by atoms with van der Waals surface area (Å²) in [6.07, 6.45) is 0.774. The normalized spacial score (nSPS) is 18.3. The molecule has 0 radical (unpaired) electrons. The zero-order valence-corrected chi connectivity index (χ0v) is 15.8. The van der Waals surface area contributed by atoms with E-state index in [1.165, 1.54) is 0 Å². The van der Waals surface area contributed by atoms with Gasteiger partial charge in [0, 0.05) is 6.04 Å². The number of para-hydroxylation sites is 2. The van der Waals surface area contributed by atoms with Crippen LogP contribution in [0.25, 0.3) is 0 Å². The highest BCUT2D eigenvalue weighted by atomic mass is 32.3. The van der Waals surface area contributed by atoms with Crippen LogP contribution in [0.5, 0.6) is 0 Å². The van der Waals surface area contributed by atoms with E-state index < -0.39 is 11.0 Å². The van der Waals surface area contributed by atoms with E-state index in [0.29, 0.717) is 0 Å². The van der Waals surface area contributed by atoms with Crippen molar-refractivity contribution < 1.29 is 9.11 Å². The molecule has 6 heteroatoms. The van der Waals surface area contributed by atoms with Crippen LogP contribution in [0.15, 0.2) is 54.6 Å². The Kier molecular flexibility index (Phi) is 5.24. The molecular formula is C19H27N3O2S. The monoisotopic (exact) mass is 361 g/mol. The average molecular weight is 362 g/mol. The molecule has 2 aromatic carbocycles. The van der Waals surface area contributed by atoms with Crippen LogP contribution < -0.4 is 13.9 Å². The van der Waals surface area contributed by atoms with E-state index in [2.05, 4.69) is 17.4 Å². The fraction of sp³-hybridized carbons (Fsp3) is 0.368. The van der Waals surface area contributed by atoms with Crippen LogP contribution in [0.4, 0.5) is 11.4 Å². The molecule has 0 bridgehead atoms. The van der Waals surface area contributed by atoms with E-state index >= 15 is 0 Å². The zero-order valence-electron chi connectivity index (χ0n) is 15.0. The van der Waals surface area contributed by atoms with Crippen LogP contribution >= 0.6 is 11.0 Å². The smallest absolute Gasteiger partial charge is 0.0845 e. The van der Waals surface area contributed by atoms with Crippen LogP contribution in [0.1, 0.15) is 31.9 Å². The summed E-state index contributed by atoms with van der Waals surface area (Å²) in [5.74, 6) is 0. The van der Waals surface area contributed by atoms with Gasteiger partial charge >= 0.3 is 0 Å². The molecule has 25 heavy (non-hydrogen) atoms. The molecule has 0 aliphatic carbocycles. The van der Waals surface area contributed by atoms with Gasteiger partial charge in [-0.3, -0.25) is 9.11 Å². The highest BCUT2D eigenvalue weighted by Crippen LogP contribution is 2.65. The van der Waals surface area contributed by atoms with Crippen LogP contribution in [-0.2, 0) is 0 Å². The molecule has 1 aliphatic heterocycles. The average Bonchev–Trinajstić information content (AvgIpc) is 2.83. The molecule has 0 fully saturated rings. The molecule has 0 aromatic heterocycles. The quantitative estimate of drug-likeness (QED) is 0.699. The number of fused-ring (bicyclic) bond motifs is 1. The molecule has 136 valence electrons. The summed E-state index contributed by atoms with van der Waals surface area (Å²) < 4.78 is 26.0. The van der Waals surface area contributed by atoms with Gasteiger partial charge in [0.25, 0.3) is 0 Å². The van der Waals surface area contributed by atoms with Crippen molar-refractivity contribution >= 4 is 22.3 Å². The molecule has 1 atom stereocenters. The summed E-state index contributed by atoms with van der Waals surface area (Å²) in [4.78, 5) is 0. The molecule has 1 heterocycles. The van der Waals surface area contributed by atoms with Crippen molar-refractivity contribution in [1.29, 1.82) is 0 Å². The lowest BCUT2D eigenvalue weighted by Gasteiger charge is -2.48. The molecule has 0 saturated heterocycles. The summed E-state index contributed by atoms with van der Waals surface area (Å²) in [5.41, 5.74) is 2.84. The van der Waals surface area contributed by atoms with E-state index in [4.69, 9.17) is 0 Å². The van der Waals surface area contributed by atoms with Gasteiger partial charge in [0.1, 0.15) is 0 Å². The van der Waals surface area contributed by atoms with Gasteiger partial charge in [-0.05, 0) is 62.5 Å². The summed E-state index contributed by atoms with van der Waals surface area (Å²) in [6.45, 7) is 4.76. The lowest BCUT2D eigenvalue weighted by molar-refractivity contribution is 0.462. The van der Waals surface area contributed by atoms with Crippen LogP contribution in [0.2, 0.25) is 0 Å². The minimum atomic E-state index is -3.13. The first-order valence-electron chi connectivity index (χ1n) is 8.64. The first-order chi connectivity index (χ1) is 12.0. The second-order valence-electron chi connectivity index (χ2n) is 6.54. The summed E-state index contributed by atoms with van der Waals surface area (Å²) in [7, 11) is -1.21. The highest BCUT2D eigenvalue weighted by molar-refractivity contribution is 8.27. The molecule has 3 N–H and O–H groups in total. The van der Waals surface area contributed by atoms with Gasteiger partial charge in [-0.25, -0.2) is 8.61 Å². The van der Waals surface area contributed by atoms with Crippen molar-refractivity contribution in [3.8, 4) is 0 Å². The molecule has 0 spiro atoms. The predicted molar refractivity (Wildman–Crippen MR) is 107 cm³/mol. The van der Waals surface area contributed by atoms with Crippen LogP contribution in [0.3, 0.4) is 0 Å². The van der Waals surface area contributed by atoms with Crippen molar-refractivity contribution in [2.24, 2.45) is 0 Å². The lowest BCUT2D eigenvalue weighted by Crippen LogP contribution is -2.39. The Morgan fingerprint density at radius 3 is 2.04 bits per heavy atom. The Labute approximate surface area is 151 Å². The second kappa shape index (κ2) is 7.25. The van der Waals surface area contributed by atoms with Gasteiger partial charge in [-0.15, -0.1) is 0 Å². The SMILES string of the molecule is CNCC[C@H](c1ccccc1)N1c2ccccc2N(C(C)C)S1(O)O. The van der Waals surface area contributed by atoms with Crippen LogP contribution in [0, 0.1) is 0 Å². The third-order valence-electron chi connectivity index (χ3n) is 4.49. The summed E-state index contributed by atoms with van der Waals surface area (Å²) in [6, 6.07) is 17.8. The van der Waals surface area contributed by atoms with Crippen molar-refractivity contribution in [3.63, 3.8) is 0 Å². The zero-order chi connectivity index (χ0) is 18.0. The van der Waals surface area contributed by atoms with E-state index in [-0.39, 0.29) is 12.1 Å². The first kappa shape index (κ1) is 18.1. The second-order valence-corrected chi connectivity index (χ2v) is 8.31. The van der Waals surface area contributed by atoms with E-state index in [9.17, 15) is 9.11 Å². The largest absolute Gasteiger partial charge is 0.320 e. The number of rotatable bonds is 6. The van der Waals surface area contributed by atoms with Crippen molar-refractivity contribution in [1.82, 2.24) is 5.32 Å². The van der Waals surface area contributed by atoms with Crippen LogP contribution in [-0.4, -0.2) is 28.7 Å². The number of nitrogens with one attached hydrogen (secondary N) is 1. The number of anilines is 2. The fourth-order valence-electron chi connectivity index (χ4n) is 3.47. The summed E-state index contributed by atoms with van der Waals surface area (Å²) >= 11 is 0. The predicted octanol–water partition coefficient (Wildman–Crippen LogP) is 4.65. The molecule has 0 saturated carbocycles. The van der Waals surface area contributed by atoms with Gasteiger partial charge in [-0.2, -0.15) is 0 Å². The number of hydrogen-bond donors (Lipinski definition) is 3. The Hall–Kier alpha value is -1.73. The minimum Gasteiger partial charge on any atom is -0.320 e. The highest BCUT2D eigenvalue weighted by Gasteiger charge is 2.45. The molecule has 3 rings (SSSR count). The van der Waals surface area contributed by atoms with E-state index in [1.54, 1.807) is 4.31 Å². The fourth-order valence-corrected chi connectivity index (χ4v) is 5.63. The third-order valence-corrected chi connectivity index (χ3v) is 6.61. The van der Waals surface area contributed by atoms with Gasteiger partial charge in [0.2, 0.25) is 0 Å². The summed E-state index contributed by atoms with van der Waals surface area (Å²) in [5, 5.41) is 3.18. The number of benzene rings is 2. The maximum Gasteiger partial charge on any atom is 0.0845 e. The molecule has 0 amide bonds. The molecule has 5 nitrogen and oxygen atoms in total. The van der Waals surface area contributed by atoms with Gasteiger partial charge in [0.05, 0.1) is 17.4 Å². The molecular weight excluding hydrogens is 334 g/mol. The Morgan fingerprint density at radius 1 is 0.920 bits per heavy atom. The van der Waals surface area contributed by atoms with Gasteiger partial charge < -0.3 is 5.32 Å².